The fourth-order valence-electron chi connectivity index (χ4n) is 3.07. The molecule has 0 spiro atoms. The molecule has 0 bridgehead atoms. The van der Waals surface area contributed by atoms with E-state index in [-0.39, 0.29) is 0 Å². The van der Waals surface area contributed by atoms with Crippen LogP contribution < -0.4 is 15.4 Å². The predicted molar refractivity (Wildman–Crippen MR) is 98.3 cm³/mol. The van der Waals surface area contributed by atoms with Crippen LogP contribution in [-0.2, 0) is 11.3 Å². The number of benzene rings is 1. The molecule has 0 aliphatic heterocycles. The van der Waals surface area contributed by atoms with Crippen molar-refractivity contribution in [1.82, 2.24) is 10.6 Å². The Morgan fingerprint density at radius 2 is 2.04 bits per heavy atom. The average molecular weight is 350 g/mol. The number of ether oxygens (including phenoxy) is 2. The van der Waals surface area contributed by atoms with E-state index in [2.05, 4.69) is 17.6 Å². The lowest BCUT2D eigenvalue weighted by Gasteiger charge is -2.30. The topological polar surface area (TPSA) is 59.6 Å². The molecule has 1 aromatic carbocycles. The molecular weight excluding hydrogens is 324 g/mol. The van der Waals surface area contributed by atoms with E-state index in [1.807, 2.05) is 6.07 Å². The number of methoxy groups -OCH3 is 2. The van der Waals surface area contributed by atoms with Crippen LogP contribution in [0.15, 0.2) is 18.2 Å². The summed E-state index contributed by atoms with van der Waals surface area (Å²) < 4.78 is 10.00. The molecule has 1 aromatic rings. The Balaban J connectivity index is 1.93. The van der Waals surface area contributed by atoms with Gasteiger partial charge in [-0.1, -0.05) is 25.8 Å². The van der Waals surface area contributed by atoms with Gasteiger partial charge < -0.3 is 20.1 Å². The second-order valence-electron chi connectivity index (χ2n) is 6.22. The molecule has 0 heterocycles. The summed E-state index contributed by atoms with van der Waals surface area (Å²) in [6.07, 6.45) is 4.98. The van der Waals surface area contributed by atoms with E-state index in [4.69, 9.17) is 21.7 Å². The zero-order valence-electron chi connectivity index (χ0n) is 14.6. The van der Waals surface area contributed by atoms with E-state index in [1.54, 1.807) is 12.1 Å². The summed E-state index contributed by atoms with van der Waals surface area (Å²) in [4.78, 5) is 11.8. The molecule has 1 aliphatic carbocycles. The fourth-order valence-corrected chi connectivity index (χ4v) is 3.29. The van der Waals surface area contributed by atoms with Crippen molar-refractivity contribution < 1.29 is 14.3 Å². The first-order valence-electron chi connectivity index (χ1n) is 8.34. The van der Waals surface area contributed by atoms with Crippen LogP contribution >= 0.6 is 12.2 Å². The number of nitrogens with one attached hydrogen (secondary N) is 2. The Hall–Kier alpha value is -1.82. The zero-order valence-corrected chi connectivity index (χ0v) is 15.4. The van der Waals surface area contributed by atoms with E-state index in [0.717, 1.165) is 12.0 Å². The fraction of sp³-hybridized carbons (Fsp3) is 0.556. The smallest absolute Gasteiger partial charge is 0.341 e. The first-order valence-corrected chi connectivity index (χ1v) is 8.75. The van der Waals surface area contributed by atoms with Crippen LogP contribution in [0, 0.1) is 5.92 Å². The first kappa shape index (κ1) is 18.5. The van der Waals surface area contributed by atoms with Crippen LogP contribution in [0.2, 0.25) is 0 Å². The minimum atomic E-state index is -0.412. The molecule has 1 saturated carbocycles. The van der Waals surface area contributed by atoms with Gasteiger partial charge in [0.2, 0.25) is 0 Å². The first-order chi connectivity index (χ1) is 11.5. The van der Waals surface area contributed by atoms with Crippen molar-refractivity contribution >= 4 is 23.3 Å². The molecule has 0 saturated heterocycles. The third-order valence-corrected chi connectivity index (χ3v) is 4.81. The van der Waals surface area contributed by atoms with Gasteiger partial charge in [0, 0.05) is 12.6 Å². The zero-order chi connectivity index (χ0) is 17.5. The van der Waals surface area contributed by atoms with Crippen molar-refractivity contribution in [1.29, 1.82) is 0 Å². The Bertz CT molecular complexity index is 592. The van der Waals surface area contributed by atoms with Gasteiger partial charge in [-0.05, 0) is 48.7 Å². The van der Waals surface area contributed by atoms with Crippen LogP contribution in [0.25, 0.3) is 0 Å². The minimum Gasteiger partial charge on any atom is -0.496 e. The maximum absolute atomic E-state index is 11.8. The number of carbonyl (C=O) groups is 1. The number of carbonyl (C=O) groups excluding carboxylic acids is 1. The summed E-state index contributed by atoms with van der Waals surface area (Å²) >= 11 is 5.40. The lowest BCUT2D eigenvalue weighted by atomic mass is 9.86. The molecule has 2 atom stereocenters. The second kappa shape index (κ2) is 8.87. The number of thiocarbonyl (C=S) groups is 1. The lowest BCUT2D eigenvalue weighted by molar-refractivity contribution is 0.0597. The molecular formula is C18H26N2O3S. The van der Waals surface area contributed by atoms with Crippen molar-refractivity contribution in [2.75, 3.05) is 14.2 Å². The van der Waals surface area contributed by atoms with Gasteiger partial charge in [-0.2, -0.15) is 0 Å². The van der Waals surface area contributed by atoms with E-state index in [1.165, 1.54) is 33.5 Å². The molecule has 2 rings (SSSR count). The number of hydrogen-bond donors (Lipinski definition) is 2. The van der Waals surface area contributed by atoms with E-state index in [9.17, 15) is 4.79 Å². The number of rotatable bonds is 5. The van der Waals surface area contributed by atoms with Gasteiger partial charge in [-0.25, -0.2) is 4.79 Å². The molecule has 24 heavy (non-hydrogen) atoms. The van der Waals surface area contributed by atoms with Crippen LogP contribution in [0.5, 0.6) is 5.75 Å². The van der Waals surface area contributed by atoms with Crippen molar-refractivity contribution in [2.45, 2.75) is 45.2 Å². The molecule has 0 aromatic heterocycles. The van der Waals surface area contributed by atoms with Crippen molar-refractivity contribution in [3.63, 3.8) is 0 Å². The largest absolute Gasteiger partial charge is 0.496 e. The highest BCUT2D eigenvalue weighted by Crippen LogP contribution is 2.24. The average Bonchev–Trinajstić information content (AvgIpc) is 2.61. The lowest BCUT2D eigenvalue weighted by Crippen LogP contribution is -2.45. The third kappa shape index (κ3) is 4.84. The highest BCUT2D eigenvalue weighted by Gasteiger charge is 2.21. The van der Waals surface area contributed by atoms with Crippen molar-refractivity contribution in [3.05, 3.63) is 29.3 Å². The Morgan fingerprint density at radius 1 is 1.29 bits per heavy atom. The van der Waals surface area contributed by atoms with Crippen LogP contribution in [0.1, 0.15) is 48.5 Å². The summed E-state index contributed by atoms with van der Waals surface area (Å²) in [5.41, 5.74) is 1.36. The summed E-state index contributed by atoms with van der Waals surface area (Å²) in [6, 6.07) is 5.89. The standard InChI is InChI=1S/C18H26N2O3S/c1-12-6-4-5-7-15(12)20-18(24)19-11-13-8-9-16(22-2)14(10-13)17(21)23-3/h8-10,12,15H,4-7,11H2,1-3H3,(H2,19,20,24)/t12-,15+/m1/s1. The van der Waals surface area contributed by atoms with Gasteiger partial charge in [-0.3, -0.25) is 0 Å². The Labute approximate surface area is 149 Å². The van der Waals surface area contributed by atoms with Gasteiger partial charge >= 0.3 is 5.97 Å². The van der Waals surface area contributed by atoms with Gasteiger partial charge in [0.15, 0.2) is 5.11 Å². The van der Waals surface area contributed by atoms with Gasteiger partial charge in [0.25, 0.3) is 0 Å². The maximum atomic E-state index is 11.8. The Kier molecular flexibility index (Phi) is 6.85. The third-order valence-electron chi connectivity index (χ3n) is 4.55. The maximum Gasteiger partial charge on any atom is 0.341 e. The SMILES string of the molecule is COC(=O)c1cc(CNC(=S)N[C@H]2CCCC[C@H]2C)ccc1OC. The normalized spacial score (nSPS) is 20.1. The monoisotopic (exact) mass is 350 g/mol. The van der Waals surface area contributed by atoms with Gasteiger partial charge in [0.1, 0.15) is 11.3 Å². The minimum absolute atomic E-state index is 0.412. The highest BCUT2D eigenvalue weighted by atomic mass is 32.1. The van der Waals surface area contributed by atoms with Crippen LogP contribution in [0.4, 0.5) is 0 Å². The van der Waals surface area contributed by atoms with Gasteiger partial charge in [-0.15, -0.1) is 0 Å². The molecule has 1 aliphatic rings. The van der Waals surface area contributed by atoms with E-state index in [0.29, 0.717) is 34.9 Å². The van der Waals surface area contributed by atoms with Crippen LogP contribution in [-0.4, -0.2) is 31.3 Å². The summed E-state index contributed by atoms with van der Waals surface area (Å²) in [6.45, 7) is 2.81. The number of esters is 1. The molecule has 5 nitrogen and oxygen atoms in total. The molecule has 0 unspecified atom stereocenters. The molecule has 0 amide bonds. The summed E-state index contributed by atoms with van der Waals surface area (Å²) in [7, 11) is 2.89. The molecule has 0 radical (unpaired) electrons. The van der Waals surface area contributed by atoms with E-state index < -0.39 is 5.97 Å². The van der Waals surface area contributed by atoms with Crippen molar-refractivity contribution in [3.8, 4) is 5.75 Å². The molecule has 2 N–H and O–H groups in total. The van der Waals surface area contributed by atoms with Crippen molar-refractivity contribution in [2.24, 2.45) is 5.92 Å². The van der Waals surface area contributed by atoms with E-state index >= 15 is 0 Å². The molecule has 6 heteroatoms. The Morgan fingerprint density at radius 3 is 2.71 bits per heavy atom. The van der Waals surface area contributed by atoms with Gasteiger partial charge in [0.05, 0.1) is 14.2 Å². The number of hydrogen-bond acceptors (Lipinski definition) is 4. The summed E-state index contributed by atoms with van der Waals surface area (Å²) in [5.74, 6) is 0.734. The van der Waals surface area contributed by atoms with Crippen LogP contribution in [0.3, 0.4) is 0 Å². The molecule has 132 valence electrons. The second-order valence-corrected chi connectivity index (χ2v) is 6.63. The summed E-state index contributed by atoms with van der Waals surface area (Å²) in [5, 5.41) is 7.29. The predicted octanol–water partition coefficient (Wildman–Crippen LogP) is 3.02. The highest BCUT2D eigenvalue weighted by molar-refractivity contribution is 7.80. The molecule has 1 fully saturated rings. The quantitative estimate of drug-likeness (QED) is 0.629.